The van der Waals surface area contributed by atoms with Gasteiger partial charge >= 0.3 is 0 Å². The van der Waals surface area contributed by atoms with E-state index in [1.807, 2.05) is 42.5 Å². The number of rotatable bonds is 3. The van der Waals surface area contributed by atoms with Gasteiger partial charge in [0.1, 0.15) is 12.1 Å². The van der Waals surface area contributed by atoms with Crippen molar-refractivity contribution >= 4 is 23.9 Å². The molecule has 1 aliphatic rings. The van der Waals surface area contributed by atoms with Crippen LogP contribution in [-0.4, -0.2) is 58.4 Å². The average molecular weight is 332 g/mol. The van der Waals surface area contributed by atoms with Gasteiger partial charge < -0.3 is 14.9 Å². The van der Waals surface area contributed by atoms with Crippen LogP contribution in [0.3, 0.4) is 0 Å². The van der Waals surface area contributed by atoms with Gasteiger partial charge in [0.15, 0.2) is 0 Å². The first kappa shape index (κ1) is 19.4. The summed E-state index contributed by atoms with van der Waals surface area (Å²) in [7, 11) is 1.68. The van der Waals surface area contributed by atoms with Crippen LogP contribution in [0.5, 0.6) is 0 Å². The summed E-state index contributed by atoms with van der Waals surface area (Å²) in [4.78, 5) is 36.4. The van der Waals surface area contributed by atoms with Gasteiger partial charge in [0.05, 0.1) is 0 Å². The third-order valence-electron chi connectivity index (χ3n) is 3.81. The highest BCUT2D eigenvalue weighted by molar-refractivity contribution is 5.96. The Balaban J connectivity index is 0.000000648. The lowest BCUT2D eigenvalue weighted by Crippen LogP contribution is -2.61. The second-order valence-electron chi connectivity index (χ2n) is 5.62. The number of hydrogen-bond acceptors (Lipinski definition) is 3. The van der Waals surface area contributed by atoms with Crippen molar-refractivity contribution in [2.45, 2.75) is 32.9 Å². The lowest BCUT2D eigenvalue weighted by atomic mass is 10.1. The molecular weight excluding hydrogens is 308 g/mol. The summed E-state index contributed by atoms with van der Waals surface area (Å²) in [5.41, 5.74) is 1.08. The van der Waals surface area contributed by atoms with Gasteiger partial charge in [-0.1, -0.05) is 42.5 Å². The number of carboxylic acid groups (broad SMARTS) is 1. The number of amides is 2. The molecule has 6 heteroatoms. The molecule has 1 N–H and O–H groups in total. The molecule has 1 aromatic carbocycles. The van der Waals surface area contributed by atoms with Crippen LogP contribution in [0.25, 0.3) is 6.08 Å². The SMILES string of the molecule is CC(=O)O.C[C@H]1C(=O)N(C/C=C/c2ccccc2)[C@@H](C)C(=O)N1C. The standard InChI is InChI=1S/C16H20N2O2.C2H4O2/c1-12-16(20)18(13(2)15(19)17(12)3)11-7-10-14-8-5-4-6-9-14;1-2(3)4/h4-10,12-13H,11H2,1-3H3;1H3,(H,3,4)/b10-7+;/t12-,13-;/m0./s1. The van der Waals surface area contributed by atoms with E-state index in [2.05, 4.69) is 0 Å². The van der Waals surface area contributed by atoms with Gasteiger partial charge in [0, 0.05) is 20.5 Å². The Bertz CT molecular complexity index is 609. The maximum absolute atomic E-state index is 12.2. The van der Waals surface area contributed by atoms with E-state index >= 15 is 0 Å². The highest BCUT2D eigenvalue weighted by Gasteiger charge is 2.38. The molecule has 2 rings (SSSR count). The number of likely N-dealkylation sites (N-methyl/N-ethyl adjacent to an activating group) is 1. The van der Waals surface area contributed by atoms with E-state index in [9.17, 15) is 9.59 Å². The molecule has 2 amide bonds. The minimum atomic E-state index is -0.833. The number of carboxylic acids is 1. The number of piperazine rings is 1. The summed E-state index contributed by atoms with van der Waals surface area (Å²) in [5, 5.41) is 7.42. The quantitative estimate of drug-likeness (QED) is 0.916. The van der Waals surface area contributed by atoms with Crippen molar-refractivity contribution in [3.05, 3.63) is 42.0 Å². The second-order valence-corrected chi connectivity index (χ2v) is 5.62. The zero-order valence-electron chi connectivity index (χ0n) is 14.5. The van der Waals surface area contributed by atoms with E-state index < -0.39 is 12.0 Å². The van der Waals surface area contributed by atoms with Gasteiger partial charge in [0.2, 0.25) is 11.8 Å². The van der Waals surface area contributed by atoms with E-state index in [0.29, 0.717) is 6.54 Å². The molecule has 0 aromatic heterocycles. The van der Waals surface area contributed by atoms with Crippen molar-refractivity contribution in [2.24, 2.45) is 0 Å². The van der Waals surface area contributed by atoms with E-state index in [1.165, 1.54) is 4.90 Å². The molecular formula is C18H24N2O4. The normalized spacial score (nSPS) is 20.8. The number of carbonyl (C=O) groups excluding carboxylic acids is 2. The van der Waals surface area contributed by atoms with Gasteiger partial charge in [-0.3, -0.25) is 14.4 Å². The van der Waals surface area contributed by atoms with Crippen molar-refractivity contribution in [3.8, 4) is 0 Å². The summed E-state index contributed by atoms with van der Waals surface area (Å²) in [5.74, 6) is -0.845. The summed E-state index contributed by atoms with van der Waals surface area (Å²) in [6, 6.07) is 9.11. The maximum Gasteiger partial charge on any atom is 0.300 e. The van der Waals surface area contributed by atoms with E-state index in [0.717, 1.165) is 12.5 Å². The fourth-order valence-electron chi connectivity index (χ4n) is 2.33. The smallest absolute Gasteiger partial charge is 0.300 e. The van der Waals surface area contributed by atoms with Crippen LogP contribution < -0.4 is 0 Å². The van der Waals surface area contributed by atoms with Crippen LogP contribution in [0, 0.1) is 0 Å². The summed E-state index contributed by atoms with van der Waals surface area (Å²) < 4.78 is 0. The van der Waals surface area contributed by atoms with E-state index in [1.54, 1.807) is 25.8 Å². The topological polar surface area (TPSA) is 77.9 Å². The molecule has 0 spiro atoms. The highest BCUT2D eigenvalue weighted by Crippen LogP contribution is 2.16. The Morgan fingerprint density at radius 1 is 1.12 bits per heavy atom. The van der Waals surface area contributed by atoms with Gasteiger partial charge in [-0.15, -0.1) is 0 Å². The summed E-state index contributed by atoms with van der Waals surface area (Å²) >= 11 is 0. The second kappa shape index (κ2) is 8.86. The first-order valence-corrected chi connectivity index (χ1v) is 7.74. The monoisotopic (exact) mass is 332 g/mol. The fourth-order valence-corrected chi connectivity index (χ4v) is 2.33. The zero-order chi connectivity index (χ0) is 18.3. The lowest BCUT2D eigenvalue weighted by molar-refractivity contribution is -0.157. The van der Waals surface area contributed by atoms with Crippen molar-refractivity contribution in [1.82, 2.24) is 9.80 Å². The van der Waals surface area contributed by atoms with Crippen LogP contribution in [0.1, 0.15) is 26.3 Å². The van der Waals surface area contributed by atoms with Gasteiger partial charge in [-0.25, -0.2) is 0 Å². The van der Waals surface area contributed by atoms with Gasteiger partial charge in [-0.2, -0.15) is 0 Å². The van der Waals surface area contributed by atoms with Crippen LogP contribution in [-0.2, 0) is 14.4 Å². The van der Waals surface area contributed by atoms with Crippen LogP contribution >= 0.6 is 0 Å². The van der Waals surface area contributed by atoms with E-state index in [-0.39, 0.29) is 17.9 Å². The molecule has 1 saturated heterocycles. The molecule has 2 atom stereocenters. The molecule has 1 aromatic rings. The van der Waals surface area contributed by atoms with Gasteiger partial charge in [-0.05, 0) is 19.4 Å². The zero-order valence-corrected chi connectivity index (χ0v) is 14.5. The third-order valence-corrected chi connectivity index (χ3v) is 3.81. The number of nitrogens with zero attached hydrogens (tertiary/aromatic N) is 2. The Morgan fingerprint density at radius 3 is 2.21 bits per heavy atom. The van der Waals surface area contributed by atoms with Crippen LogP contribution in [0.4, 0.5) is 0 Å². The van der Waals surface area contributed by atoms with Crippen LogP contribution in [0.15, 0.2) is 36.4 Å². The molecule has 0 unspecified atom stereocenters. The summed E-state index contributed by atoms with van der Waals surface area (Å²) in [6.45, 7) is 5.08. The van der Waals surface area contributed by atoms with Gasteiger partial charge in [0.25, 0.3) is 5.97 Å². The molecule has 1 aliphatic heterocycles. The highest BCUT2D eigenvalue weighted by atomic mass is 16.4. The van der Waals surface area contributed by atoms with Crippen molar-refractivity contribution in [3.63, 3.8) is 0 Å². The third kappa shape index (κ3) is 5.22. The summed E-state index contributed by atoms with van der Waals surface area (Å²) in [6.07, 6.45) is 3.89. The molecule has 130 valence electrons. The molecule has 24 heavy (non-hydrogen) atoms. The minimum absolute atomic E-state index is 0.00249. The first-order chi connectivity index (χ1) is 11.3. The molecule has 0 aliphatic carbocycles. The fraction of sp³-hybridized carbons (Fsp3) is 0.389. The Hall–Kier alpha value is -2.63. The van der Waals surface area contributed by atoms with Crippen molar-refractivity contribution in [1.29, 1.82) is 0 Å². The van der Waals surface area contributed by atoms with E-state index in [4.69, 9.17) is 9.90 Å². The number of benzene rings is 1. The number of aliphatic carboxylic acids is 1. The first-order valence-electron chi connectivity index (χ1n) is 7.74. The van der Waals surface area contributed by atoms with Crippen molar-refractivity contribution in [2.75, 3.05) is 13.6 Å². The van der Waals surface area contributed by atoms with Crippen LogP contribution in [0.2, 0.25) is 0 Å². The molecule has 0 bridgehead atoms. The Morgan fingerprint density at radius 2 is 1.67 bits per heavy atom. The molecule has 0 radical (unpaired) electrons. The average Bonchev–Trinajstić information content (AvgIpc) is 2.55. The predicted octanol–water partition coefficient (Wildman–Crippen LogP) is 1.87. The largest absolute Gasteiger partial charge is 0.481 e. The molecule has 0 saturated carbocycles. The Labute approximate surface area is 142 Å². The molecule has 6 nitrogen and oxygen atoms in total. The predicted molar refractivity (Wildman–Crippen MR) is 92.2 cm³/mol. The maximum atomic E-state index is 12.2. The minimum Gasteiger partial charge on any atom is -0.481 e. The molecule has 1 heterocycles. The number of carbonyl (C=O) groups is 3. The number of hydrogen-bond donors (Lipinski definition) is 1. The Kier molecular flexibility index (Phi) is 7.17. The van der Waals surface area contributed by atoms with Crippen molar-refractivity contribution < 1.29 is 19.5 Å². The molecule has 1 fully saturated rings. The lowest BCUT2D eigenvalue weighted by Gasteiger charge is -2.40.